The zero-order valence-electron chi connectivity index (χ0n) is 13.4. The van der Waals surface area contributed by atoms with Gasteiger partial charge in [-0.15, -0.1) is 0 Å². The van der Waals surface area contributed by atoms with E-state index in [9.17, 15) is 9.59 Å². The van der Waals surface area contributed by atoms with E-state index >= 15 is 0 Å². The minimum atomic E-state index is -0.0439. The summed E-state index contributed by atoms with van der Waals surface area (Å²) in [4.78, 5) is 30.1. The number of rotatable bonds is 5. The van der Waals surface area contributed by atoms with Gasteiger partial charge in [-0.25, -0.2) is 4.98 Å². The molecule has 1 saturated heterocycles. The molecule has 2 amide bonds. The molecule has 0 spiro atoms. The fourth-order valence-electron chi connectivity index (χ4n) is 3.01. The number of hydrogen-bond donors (Lipinski definition) is 1. The minimum Gasteiger partial charge on any atom is -0.352 e. The standard InChI is InChI=1S/C17H22N4O2/c1-13(21-7-3-2-4-17(21)23)10-16(22)19-12-14-5-8-20-9-6-18-15(20)11-14/h5-6,8-9,11,13H,2-4,7,10,12H2,1H3,(H,19,22). The van der Waals surface area contributed by atoms with Gasteiger partial charge in [0.2, 0.25) is 11.8 Å². The van der Waals surface area contributed by atoms with E-state index in [2.05, 4.69) is 10.3 Å². The van der Waals surface area contributed by atoms with Crippen molar-refractivity contribution in [2.24, 2.45) is 0 Å². The molecule has 6 nitrogen and oxygen atoms in total. The van der Waals surface area contributed by atoms with Crippen molar-refractivity contribution in [2.75, 3.05) is 6.54 Å². The lowest BCUT2D eigenvalue weighted by Gasteiger charge is -2.32. The topological polar surface area (TPSA) is 66.7 Å². The van der Waals surface area contributed by atoms with Gasteiger partial charge < -0.3 is 14.6 Å². The van der Waals surface area contributed by atoms with E-state index in [0.717, 1.165) is 30.6 Å². The first kappa shape index (κ1) is 15.5. The van der Waals surface area contributed by atoms with Gasteiger partial charge >= 0.3 is 0 Å². The second-order valence-corrected chi connectivity index (χ2v) is 6.10. The first-order chi connectivity index (χ1) is 11.1. The van der Waals surface area contributed by atoms with Crippen LogP contribution in [0.5, 0.6) is 0 Å². The number of aromatic nitrogens is 2. The molecule has 3 rings (SSSR count). The maximum Gasteiger partial charge on any atom is 0.222 e. The Bertz CT molecular complexity index is 709. The molecule has 2 aromatic rings. The third-order valence-corrected chi connectivity index (χ3v) is 4.32. The summed E-state index contributed by atoms with van der Waals surface area (Å²) in [6, 6.07) is 3.88. The van der Waals surface area contributed by atoms with Crippen LogP contribution in [-0.2, 0) is 16.1 Å². The molecule has 0 aliphatic carbocycles. The van der Waals surface area contributed by atoms with Crippen LogP contribution in [0.2, 0.25) is 0 Å². The number of nitrogens with zero attached hydrogens (tertiary/aromatic N) is 3. The smallest absolute Gasteiger partial charge is 0.222 e. The lowest BCUT2D eigenvalue weighted by molar-refractivity contribution is -0.136. The monoisotopic (exact) mass is 314 g/mol. The summed E-state index contributed by atoms with van der Waals surface area (Å²) >= 11 is 0. The predicted molar refractivity (Wildman–Crippen MR) is 86.7 cm³/mol. The van der Waals surface area contributed by atoms with E-state index in [1.807, 2.05) is 40.8 Å². The van der Waals surface area contributed by atoms with Crippen LogP contribution >= 0.6 is 0 Å². The van der Waals surface area contributed by atoms with Crippen molar-refractivity contribution in [1.82, 2.24) is 19.6 Å². The fraction of sp³-hybridized carbons (Fsp3) is 0.471. The third-order valence-electron chi connectivity index (χ3n) is 4.32. The molecule has 3 heterocycles. The summed E-state index contributed by atoms with van der Waals surface area (Å²) in [5.41, 5.74) is 1.88. The molecular weight excluding hydrogens is 292 g/mol. The van der Waals surface area contributed by atoms with Crippen LogP contribution in [-0.4, -0.2) is 38.7 Å². The van der Waals surface area contributed by atoms with Crippen molar-refractivity contribution in [3.63, 3.8) is 0 Å². The van der Waals surface area contributed by atoms with Crippen molar-refractivity contribution in [3.8, 4) is 0 Å². The van der Waals surface area contributed by atoms with E-state index in [4.69, 9.17) is 0 Å². The molecule has 0 saturated carbocycles. The van der Waals surface area contributed by atoms with Gasteiger partial charge in [-0.1, -0.05) is 0 Å². The van der Waals surface area contributed by atoms with Crippen LogP contribution in [0.3, 0.4) is 0 Å². The molecule has 0 radical (unpaired) electrons. The molecule has 23 heavy (non-hydrogen) atoms. The highest BCUT2D eigenvalue weighted by atomic mass is 16.2. The lowest BCUT2D eigenvalue weighted by atomic mass is 10.1. The van der Waals surface area contributed by atoms with Crippen molar-refractivity contribution < 1.29 is 9.59 Å². The Morgan fingerprint density at radius 2 is 2.26 bits per heavy atom. The number of hydrogen-bond acceptors (Lipinski definition) is 3. The molecular formula is C17H22N4O2. The van der Waals surface area contributed by atoms with Gasteiger partial charge in [0.15, 0.2) is 0 Å². The van der Waals surface area contributed by atoms with Crippen LogP contribution in [0.25, 0.3) is 5.65 Å². The van der Waals surface area contributed by atoms with Crippen LogP contribution in [0.15, 0.2) is 30.7 Å². The number of carbonyl (C=O) groups is 2. The molecule has 1 fully saturated rings. The van der Waals surface area contributed by atoms with E-state index < -0.39 is 0 Å². The lowest BCUT2D eigenvalue weighted by Crippen LogP contribution is -2.44. The maximum atomic E-state index is 12.1. The fourth-order valence-corrected chi connectivity index (χ4v) is 3.01. The Morgan fingerprint density at radius 3 is 3.09 bits per heavy atom. The minimum absolute atomic E-state index is 0.0286. The van der Waals surface area contributed by atoms with Crippen LogP contribution < -0.4 is 5.32 Å². The van der Waals surface area contributed by atoms with Crippen LogP contribution in [0.4, 0.5) is 0 Å². The number of nitrogens with one attached hydrogen (secondary N) is 1. The quantitative estimate of drug-likeness (QED) is 0.914. The average Bonchev–Trinajstić information content (AvgIpc) is 3.01. The van der Waals surface area contributed by atoms with Crippen molar-refractivity contribution >= 4 is 17.5 Å². The Kier molecular flexibility index (Phi) is 4.60. The summed E-state index contributed by atoms with van der Waals surface area (Å²) in [6.45, 7) is 3.19. The summed E-state index contributed by atoms with van der Waals surface area (Å²) in [5, 5.41) is 2.93. The van der Waals surface area contributed by atoms with Crippen molar-refractivity contribution in [2.45, 2.75) is 45.2 Å². The van der Waals surface area contributed by atoms with Gasteiger partial charge in [0.05, 0.1) is 0 Å². The molecule has 0 bridgehead atoms. The largest absolute Gasteiger partial charge is 0.352 e. The van der Waals surface area contributed by atoms with Gasteiger partial charge in [0.1, 0.15) is 5.65 Å². The second-order valence-electron chi connectivity index (χ2n) is 6.10. The number of imidazole rings is 1. The van der Waals surface area contributed by atoms with Crippen molar-refractivity contribution in [1.29, 1.82) is 0 Å². The van der Waals surface area contributed by atoms with Gasteiger partial charge in [0, 0.05) is 50.6 Å². The third kappa shape index (κ3) is 3.70. The van der Waals surface area contributed by atoms with Gasteiger partial charge in [-0.2, -0.15) is 0 Å². The zero-order valence-corrected chi connectivity index (χ0v) is 13.4. The second kappa shape index (κ2) is 6.81. The normalized spacial score (nSPS) is 16.6. The molecule has 1 unspecified atom stereocenters. The zero-order chi connectivity index (χ0) is 16.2. The Balaban J connectivity index is 1.51. The molecule has 2 aromatic heterocycles. The molecule has 1 atom stereocenters. The van der Waals surface area contributed by atoms with Crippen LogP contribution in [0.1, 0.15) is 38.2 Å². The SMILES string of the molecule is CC(CC(=O)NCc1ccn2ccnc2c1)N1CCCCC1=O. The molecule has 1 aliphatic rings. The maximum absolute atomic E-state index is 12.1. The Morgan fingerprint density at radius 1 is 1.39 bits per heavy atom. The van der Waals surface area contributed by atoms with Crippen LogP contribution in [0, 0.1) is 0 Å². The first-order valence-electron chi connectivity index (χ1n) is 8.11. The highest BCUT2D eigenvalue weighted by Gasteiger charge is 2.24. The van der Waals surface area contributed by atoms with Gasteiger partial charge in [-0.3, -0.25) is 9.59 Å². The summed E-state index contributed by atoms with van der Waals surface area (Å²) in [7, 11) is 0. The highest BCUT2D eigenvalue weighted by molar-refractivity contribution is 5.80. The summed E-state index contributed by atoms with van der Waals surface area (Å²) < 4.78 is 1.93. The number of amides is 2. The predicted octanol–water partition coefficient (Wildman–Crippen LogP) is 1.74. The summed E-state index contributed by atoms with van der Waals surface area (Å²) in [5.74, 6) is 0.139. The van der Waals surface area contributed by atoms with Crippen molar-refractivity contribution in [3.05, 3.63) is 36.3 Å². The van der Waals surface area contributed by atoms with E-state index in [-0.39, 0.29) is 17.9 Å². The number of pyridine rings is 1. The summed E-state index contributed by atoms with van der Waals surface area (Å²) in [6.07, 6.45) is 8.50. The van der Waals surface area contributed by atoms with E-state index in [1.165, 1.54) is 0 Å². The molecule has 1 N–H and O–H groups in total. The van der Waals surface area contributed by atoms with E-state index in [1.54, 1.807) is 6.20 Å². The molecule has 1 aliphatic heterocycles. The first-order valence-corrected chi connectivity index (χ1v) is 8.11. The highest BCUT2D eigenvalue weighted by Crippen LogP contribution is 2.15. The van der Waals surface area contributed by atoms with E-state index in [0.29, 0.717) is 19.4 Å². The molecule has 0 aromatic carbocycles. The number of fused-ring (bicyclic) bond motifs is 1. The number of likely N-dealkylation sites (tertiary alicyclic amines) is 1. The van der Waals surface area contributed by atoms with Gasteiger partial charge in [0.25, 0.3) is 0 Å². The Hall–Kier alpha value is -2.37. The Labute approximate surface area is 135 Å². The molecule has 6 heteroatoms. The average molecular weight is 314 g/mol. The number of piperidine rings is 1. The molecule has 122 valence electrons. The van der Waals surface area contributed by atoms with Gasteiger partial charge in [-0.05, 0) is 37.5 Å². The number of carbonyl (C=O) groups excluding carboxylic acids is 2.